The molecule has 0 saturated carbocycles. The molecule has 0 bridgehead atoms. The fourth-order valence-corrected chi connectivity index (χ4v) is 3.37. The molecule has 2 amide bonds. The van der Waals surface area contributed by atoms with Gasteiger partial charge >= 0.3 is 0 Å². The first kappa shape index (κ1) is 16.8. The highest BCUT2D eigenvalue weighted by atomic mass is 32.1. The molecule has 4 nitrogen and oxygen atoms in total. The highest BCUT2D eigenvalue weighted by Gasteiger charge is 2.33. The zero-order valence-corrected chi connectivity index (χ0v) is 14.5. The Balaban J connectivity index is 1.69. The number of amides is 2. The second-order valence-corrected chi connectivity index (χ2v) is 6.57. The minimum absolute atomic E-state index is 0.0220. The predicted octanol–water partition coefficient (Wildman–Crippen LogP) is 2.42. The van der Waals surface area contributed by atoms with E-state index in [1.807, 2.05) is 30.3 Å². The first-order valence-electron chi connectivity index (χ1n) is 8.35. The summed E-state index contributed by atoms with van der Waals surface area (Å²) in [6, 6.07) is 13.9. The van der Waals surface area contributed by atoms with Gasteiger partial charge < -0.3 is 10.2 Å². The number of nitrogens with zero attached hydrogens (tertiary/aromatic N) is 1. The molecule has 1 saturated heterocycles. The van der Waals surface area contributed by atoms with Crippen LogP contribution in [0.4, 0.5) is 0 Å². The summed E-state index contributed by atoms with van der Waals surface area (Å²) in [7, 11) is 0. The molecule has 0 radical (unpaired) electrons. The Labute approximate surface area is 147 Å². The summed E-state index contributed by atoms with van der Waals surface area (Å²) in [5, 5.41) is 5.14. The summed E-state index contributed by atoms with van der Waals surface area (Å²) < 4.78 is 0. The van der Waals surface area contributed by atoms with Crippen LogP contribution >= 0.6 is 12.6 Å². The zero-order valence-electron chi connectivity index (χ0n) is 13.6. The maximum Gasteiger partial charge on any atom is 0.242 e. The van der Waals surface area contributed by atoms with Crippen LogP contribution in [-0.4, -0.2) is 41.6 Å². The lowest BCUT2D eigenvalue weighted by Crippen LogP contribution is -2.46. The van der Waals surface area contributed by atoms with E-state index in [1.165, 1.54) is 5.39 Å². The molecule has 24 heavy (non-hydrogen) atoms. The molecule has 1 aliphatic rings. The second kappa shape index (κ2) is 7.71. The summed E-state index contributed by atoms with van der Waals surface area (Å²) >= 11 is 4.10. The van der Waals surface area contributed by atoms with Gasteiger partial charge in [0.05, 0.1) is 6.42 Å². The van der Waals surface area contributed by atoms with Crippen LogP contribution in [0, 0.1) is 0 Å². The first-order valence-corrected chi connectivity index (χ1v) is 8.98. The lowest BCUT2D eigenvalue weighted by molar-refractivity contribution is -0.137. The zero-order chi connectivity index (χ0) is 16.9. The molecule has 0 aromatic heterocycles. The lowest BCUT2D eigenvalue weighted by atomic mass is 10.0. The highest BCUT2D eigenvalue weighted by Crippen LogP contribution is 2.21. The van der Waals surface area contributed by atoms with Gasteiger partial charge in [0.2, 0.25) is 11.8 Å². The third-order valence-electron chi connectivity index (χ3n) is 4.46. The van der Waals surface area contributed by atoms with Crippen LogP contribution in [0.5, 0.6) is 0 Å². The number of carbonyl (C=O) groups is 2. The maximum atomic E-state index is 12.7. The van der Waals surface area contributed by atoms with Gasteiger partial charge in [0.25, 0.3) is 0 Å². The standard InChI is InChI=1S/C19H22N2O2S/c22-18(21-10-3-6-17(21)19(23)20-9-11-24)13-14-7-8-15-4-1-2-5-16(15)12-14/h1-2,4-5,7-8,12,17,24H,3,6,9-11,13H2,(H,20,23). The fourth-order valence-electron chi connectivity index (χ4n) is 3.26. The smallest absolute Gasteiger partial charge is 0.242 e. The number of thiol groups is 1. The Kier molecular flexibility index (Phi) is 5.41. The van der Waals surface area contributed by atoms with Gasteiger partial charge in [-0.1, -0.05) is 42.5 Å². The normalized spacial score (nSPS) is 17.2. The van der Waals surface area contributed by atoms with E-state index in [9.17, 15) is 9.59 Å². The summed E-state index contributed by atoms with van der Waals surface area (Å²) in [5.41, 5.74) is 0.986. The molecule has 1 unspecified atom stereocenters. The Morgan fingerprint density at radius 3 is 2.75 bits per heavy atom. The summed E-state index contributed by atoms with van der Waals surface area (Å²) in [6.45, 7) is 1.19. The van der Waals surface area contributed by atoms with Gasteiger partial charge in [-0.05, 0) is 29.2 Å². The molecule has 1 N–H and O–H groups in total. The van der Waals surface area contributed by atoms with Gasteiger partial charge in [-0.2, -0.15) is 12.6 Å². The van der Waals surface area contributed by atoms with E-state index in [1.54, 1.807) is 4.90 Å². The SMILES string of the molecule is O=C(NCCS)C1CCCN1C(=O)Cc1ccc2ccccc2c1. The quantitative estimate of drug-likeness (QED) is 0.820. The summed E-state index contributed by atoms with van der Waals surface area (Å²) in [5.74, 6) is 0.561. The Morgan fingerprint density at radius 1 is 1.17 bits per heavy atom. The van der Waals surface area contributed by atoms with Crippen LogP contribution in [0.1, 0.15) is 18.4 Å². The lowest BCUT2D eigenvalue weighted by Gasteiger charge is -2.24. The summed E-state index contributed by atoms with van der Waals surface area (Å²) in [4.78, 5) is 26.6. The van der Waals surface area contributed by atoms with Crippen molar-refractivity contribution < 1.29 is 9.59 Å². The van der Waals surface area contributed by atoms with Crippen molar-refractivity contribution in [1.82, 2.24) is 10.2 Å². The molecule has 2 aromatic carbocycles. The fraction of sp³-hybridized carbons (Fsp3) is 0.368. The predicted molar refractivity (Wildman–Crippen MR) is 99.2 cm³/mol. The number of fused-ring (bicyclic) bond motifs is 1. The molecule has 1 fully saturated rings. The third kappa shape index (κ3) is 3.73. The topological polar surface area (TPSA) is 49.4 Å². The molecule has 3 rings (SSSR count). The Hall–Kier alpha value is -2.01. The monoisotopic (exact) mass is 342 g/mol. The highest BCUT2D eigenvalue weighted by molar-refractivity contribution is 7.80. The van der Waals surface area contributed by atoms with Crippen molar-refractivity contribution >= 4 is 35.2 Å². The van der Waals surface area contributed by atoms with E-state index in [0.29, 0.717) is 25.3 Å². The molecule has 1 aliphatic heterocycles. The van der Waals surface area contributed by atoms with Gasteiger partial charge in [-0.15, -0.1) is 0 Å². The average molecular weight is 342 g/mol. The number of benzene rings is 2. The van der Waals surface area contributed by atoms with Crippen molar-refractivity contribution in [3.8, 4) is 0 Å². The molecule has 126 valence electrons. The van der Waals surface area contributed by atoms with E-state index < -0.39 is 0 Å². The van der Waals surface area contributed by atoms with E-state index in [2.05, 4.69) is 30.1 Å². The number of likely N-dealkylation sites (tertiary alicyclic amines) is 1. The van der Waals surface area contributed by atoms with Crippen LogP contribution in [0.15, 0.2) is 42.5 Å². The minimum Gasteiger partial charge on any atom is -0.353 e. The van der Waals surface area contributed by atoms with Gasteiger partial charge in [0.15, 0.2) is 0 Å². The van der Waals surface area contributed by atoms with Gasteiger partial charge in [0.1, 0.15) is 6.04 Å². The number of rotatable bonds is 5. The van der Waals surface area contributed by atoms with Crippen LogP contribution in [0.2, 0.25) is 0 Å². The number of nitrogens with one attached hydrogen (secondary N) is 1. The average Bonchev–Trinajstić information content (AvgIpc) is 3.09. The van der Waals surface area contributed by atoms with Crippen molar-refractivity contribution in [1.29, 1.82) is 0 Å². The van der Waals surface area contributed by atoms with Crippen molar-refractivity contribution in [2.75, 3.05) is 18.8 Å². The van der Waals surface area contributed by atoms with E-state index >= 15 is 0 Å². The molecular weight excluding hydrogens is 320 g/mol. The van der Waals surface area contributed by atoms with Gasteiger partial charge in [0, 0.05) is 18.8 Å². The van der Waals surface area contributed by atoms with Crippen molar-refractivity contribution in [2.45, 2.75) is 25.3 Å². The first-order chi connectivity index (χ1) is 11.7. The van der Waals surface area contributed by atoms with E-state index in [0.717, 1.165) is 23.8 Å². The Bertz CT molecular complexity index is 747. The number of hydrogen-bond donors (Lipinski definition) is 2. The van der Waals surface area contributed by atoms with Gasteiger partial charge in [-0.25, -0.2) is 0 Å². The number of hydrogen-bond acceptors (Lipinski definition) is 3. The second-order valence-electron chi connectivity index (χ2n) is 6.12. The van der Waals surface area contributed by atoms with Crippen LogP contribution in [0.25, 0.3) is 10.8 Å². The maximum absolute atomic E-state index is 12.7. The van der Waals surface area contributed by atoms with Crippen molar-refractivity contribution in [2.24, 2.45) is 0 Å². The molecular formula is C19H22N2O2S. The summed E-state index contributed by atoms with van der Waals surface area (Å²) in [6.07, 6.45) is 1.95. The van der Waals surface area contributed by atoms with Crippen LogP contribution < -0.4 is 5.32 Å². The molecule has 0 spiro atoms. The van der Waals surface area contributed by atoms with Crippen LogP contribution in [-0.2, 0) is 16.0 Å². The minimum atomic E-state index is -0.335. The van der Waals surface area contributed by atoms with Gasteiger partial charge in [-0.3, -0.25) is 9.59 Å². The van der Waals surface area contributed by atoms with E-state index in [-0.39, 0.29) is 17.9 Å². The Morgan fingerprint density at radius 2 is 1.96 bits per heavy atom. The molecule has 1 atom stereocenters. The van der Waals surface area contributed by atoms with E-state index in [4.69, 9.17) is 0 Å². The van der Waals surface area contributed by atoms with Crippen molar-refractivity contribution in [3.05, 3.63) is 48.0 Å². The molecule has 5 heteroatoms. The largest absolute Gasteiger partial charge is 0.353 e. The third-order valence-corrected chi connectivity index (χ3v) is 4.68. The molecule has 2 aromatic rings. The number of carbonyl (C=O) groups excluding carboxylic acids is 2. The van der Waals surface area contributed by atoms with Crippen LogP contribution in [0.3, 0.4) is 0 Å². The molecule has 0 aliphatic carbocycles. The molecule has 1 heterocycles. The van der Waals surface area contributed by atoms with Crippen molar-refractivity contribution in [3.63, 3.8) is 0 Å².